The molecular formula is C19H18N2O4S. The zero-order chi connectivity index (χ0) is 18.3. The zero-order valence-corrected chi connectivity index (χ0v) is 15.4. The maximum Gasteiger partial charge on any atom is 0.349 e. The standard InChI is InChI=1S/C19H18N2O4S/c1-11-15-17(20-14-8-5-9-21(14)18(15)22)26-16(11)19(23)25-10-12-6-3-4-7-13(12)24-2/h3-4,6-7H,5,8-10H2,1-2H3. The molecule has 0 saturated heterocycles. The van der Waals surface area contributed by atoms with Gasteiger partial charge in [0.25, 0.3) is 5.56 Å². The maximum absolute atomic E-state index is 12.7. The van der Waals surface area contributed by atoms with Crippen LogP contribution in [0.15, 0.2) is 29.1 Å². The van der Waals surface area contributed by atoms with Crippen molar-refractivity contribution in [2.45, 2.75) is 32.9 Å². The highest BCUT2D eigenvalue weighted by Gasteiger charge is 2.24. The number of carbonyl (C=O) groups excluding carboxylic acids is 1. The van der Waals surface area contributed by atoms with Crippen molar-refractivity contribution < 1.29 is 14.3 Å². The van der Waals surface area contributed by atoms with Gasteiger partial charge in [0.05, 0.1) is 12.5 Å². The lowest BCUT2D eigenvalue weighted by atomic mass is 10.2. The molecule has 0 spiro atoms. The summed E-state index contributed by atoms with van der Waals surface area (Å²) in [5.41, 5.74) is 1.38. The van der Waals surface area contributed by atoms with E-state index in [2.05, 4.69) is 4.98 Å². The van der Waals surface area contributed by atoms with Crippen molar-refractivity contribution in [3.63, 3.8) is 0 Å². The summed E-state index contributed by atoms with van der Waals surface area (Å²) in [6.45, 7) is 2.59. The molecule has 4 rings (SSSR count). The van der Waals surface area contributed by atoms with Gasteiger partial charge in [-0.05, 0) is 25.0 Å². The number of thiophene rings is 1. The van der Waals surface area contributed by atoms with E-state index in [4.69, 9.17) is 9.47 Å². The molecule has 3 heterocycles. The molecule has 0 bridgehead atoms. The second kappa shape index (κ2) is 6.57. The molecule has 0 atom stereocenters. The molecule has 0 radical (unpaired) electrons. The molecule has 1 aliphatic rings. The number of para-hydroxylation sites is 1. The third kappa shape index (κ3) is 2.68. The fourth-order valence-electron chi connectivity index (χ4n) is 3.30. The number of aryl methyl sites for hydroxylation is 2. The molecule has 0 saturated carbocycles. The van der Waals surface area contributed by atoms with Crippen LogP contribution < -0.4 is 10.3 Å². The topological polar surface area (TPSA) is 70.4 Å². The largest absolute Gasteiger partial charge is 0.496 e. The Morgan fingerprint density at radius 3 is 2.96 bits per heavy atom. The average molecular weight is 370 g/mol. The lowest BCUT2D eigenvalue weighted by Gasteiger charge is -2.08. The molecule has 0 fully saturated rings. The SMILES string of the molecule is COc1ccccc1COC(=O)c1sc2nc3n(c(=O)c2c1C)CCC3. The van der Waals surface area contributed by atoms with Crippen molar-refractivity contribution in [1.82, 2.24) is 9.55 Å². The number of esters is 1. The van der Waals surface area contributed by atoms with E-state index in [1.54, 1.807) is 18.6 Å². The second-order valence-corrected chi connectivity index (χ2v) is 7.21. The van der Waals surface area contributed by atoms with Crippen LogP contribution in [-0.4, -0.2) is 22.6 Å². The van der Waals surface area contributed by atoms with Crippen LogP contribution in [-0.2, 0) is 24.3 Å². The summed E-state index contributed by atoms with van der Waals surface area (Å²) >= 11 is 1.23. The van der Waals surface area contributed by atoms with Gasteiger partial charge in [0.2, 0.25) is 0 Å². The Labute approximate surface area is 154 Å². The minimum absolute atomic E-state index is 0.0555. The van der Waals surface area contributed by atoms with Crippen molar-refractivity contribution in [3.8, 4) is 5.75 Å². The van der Waals surface area contributed by atoms with E-state index in [0.29, 0.717) is 33.0 Å². The number of benzene rings is 1. The first kappa shape index (κ1) is 16.8. The normalized spacial score (nSPS) is 13.0. The average Bonchev–Trinajstić information content (AvgIpc) is 3.25. The predicted octanol–water partition coefficient (Wildman–Crippen LogP) is 3.08. The highest BCUT2D eigenvalue weighted by Crippen LogP contribution is 2.29. The van der Waals surface area contributed by atoms with E-state index < -0.39 is 5.97 Å². The maximum atomic E-state index is 12.7. The second-order valence-electron chi connectivity index (χ2n) is 6.21. The smallest absolute Gasteiger partial charge is 0.349 e. The van der Waals surface area contributed by atoms with Crippen LogP contribution in [0, 0.1) is 6.92 Å². The summed E-state index contributed by atoms with van der Waals surface area (Å²) in [4.78, 5) is 30.9. The summed E-state index contributed by atoms with van der Waals surface area (Å²) in [6.07, 6.45) is 1.74. The van der Waals surface area contributed by atoms with Crippen LogP contribution in [0.5, 0.6) is 5.75 Å². The molecule has 2 aromatic heterocycles. The fraction of sp³-hybridized carbons (Fsp3) is 0.316. The number of methoxy groups -OCH3 is 1. The number of aromatic nitrogens is 2. The van der Waals surface area contributed by atoms with Crippen molar-refractivity contribution in [2.75, 3.05) is 7.11 Å². The fourth-order valence-corrected chi connectivity index (χ4v) is 4.39. The molecule has 3 aromatic rings. The number of ether oxygens (including phenoxy) is 2. The Morgan fingerprint density at radius 2 is 2.15 bits per heavy atom. The van der Waals surface area contributed by atoms with Gasteiger partial charge in [0, 0.05) is 18.5 Å². The molecule has 0 amide bonds. The number of fused-ring (bicyclic) bond motifs is 2. The molecule has 6 nitrogen and oxygen atoms in total. The minimum Gasteiger partial charge on any atom is -0.496 e. The zero-order valence-electron chi connectivity index (χ0n) is 14.6. The Bertz CT molecular complexity index is 1070. The quantitative estimate of drug-likeness (QED) is 0.660. The van der Waals surface area contributed by atoms with E-state index >= 15 is 0 Å². The number of rotatable bonds is 4. The van der Waals surface area contributed by atoms with Crippen molar-refractivity contribution in [2.24, 2.45) is 0 Å². The van der Waals surface area contributed by atoms with Gasteiger partial charge in [-0.25, -0.2) is 9.78 Å². The predicted molar refractivity (Wildman–Crippen MR) is 99.1 cm³/mol. The Morgan fingerprint density at radius 1 is 1.35 bits per heavy atom. The third-order valence-corrected chi connectivity index (χ3v) is 5.81. The van der Waals surface area contributed by atoms with Gasteiger partial charge in [0.1, 0.15) is 27.9 Å². The first-order chi connectivity index (χ1) is 12.6. The first-order valence-corrected chi connectivity index (χ1v) is 9.23. The summed E-state index contributed by atoms with van der Waals surface area (Å²) in [5, 5.41) is 0.532. The molecular weight excluding hydrogens is 352 g/mol. The number of hydrogen-bond acceptors (Lipinski definition) is 6. The number of carbonyl (C=O) groups is 1. The van der Waals surface area contributed by atoms with Gasteiger partial charge in [-0.1, -0.05) is 18.2 Å². The summed E-state index contributed by atoms with van der Waals surface area (Å²) in [7, 11) is 1.58. The van der Waals surface area contributed by atoms with E-state index in [-0.39, 0.29) is 12.2 Å². The van der Waals surface area contributed by atoms with Gasteiger partial charge in [-0.15, -0.1) is 11.3 Å². The Hall–Kier alpha value is -2.67. The van der Waals surface area contributed by atoms with Crippen LogP contribution in [0.3, 0.4) is 0 Å². The van der Waals surface area contributed by atoms with Crippen LogP contribution in [0.1, 0.15) is 33.0 Å². The van der Waals surface area contributed by atoms with Crippen LogP contribution in [0.4, 0.5) is 0 Å². The van der Waals surface area contributed by atoms with Crippen LogP contribution in [0.25, 0.3) is 10.2 Å². The molecule has 1 aromatic carbocycles. The third-order valence-electron chi connectivity index (χ3n) is 4.65. The molecule has 0 unspecified atom stereocenters. The number of nitrogens with zero attached hydrogens (tertiary/aromatic N) is 2. The summed E-state index contributed by atoms with van der Waals surface area (Å²) in [6, 6.07) is 7.39. The lowest BCUT2D eigenvalue weighted by molar-refractivity contribution is 0.0475. The van der Waals surface area contributed by atoms with Crippen molar-refractivity contribution >= 4 is 27.5 Å². The van der Waals surface area contributed by atoms with Gasteiger partial charge in [0.15, 0.2) is 0 Å². The van der Waals surface area contributed by atoms with Crippen molar-refractivity contribution in [1.29, 1.82) is 0 Å². The number of hydrogen-bond donors (Lipinski definition) is 0. The molecule has 1 aliphatic heterocycles. The van der Waals surface area contributed by atoms with E-state index in [1.807, 2.05) is 24.3 Å². The highest BCUT2D eigenvalue weighted by molar-refractivity contribution is 7.20. The van der Waals surface area contributed by atoms with E-state index in [9.17, 15) is 9.59 Å². The lowest BCUT2D eigenvalue weighted by Crippen LogP contribution is -2.20. The van der Waals surface area contributed by atoms with Crippen molar-refractivity contribution in [3.05, 3.63) is 56.4 Å². The highest BCUT2D eigenvalue weighted by atomic mass is 32.1. The van der Waals surface area contributed by atoms with Crippen LogP contribution >= 0.6 is 11.3 Å². The van der Waals surface area contributed by atoms with Gasteiger partial charge < -0.3 is 9.47 Å². The van der Waals surface area contributed by atoms with E-state index in [1.165, 1.54) is 11.3 Å². The molecule has 134 valence electrons. The van der Waals surface area contributed by atoms with Crippen LogP contribution in [0.2, 0.25) is 0 Å². The molecule has 7 heteroatoms. The van der Waals surface area contributed by atoms with Gasteiger partial charge in [-0.2, -0.15) is 0 Å². The summed E-state index contributed by atoms with van der Waals surface area (Å²) in [5.74, 6) is 1.03. The molecule has 0 aliphatic carbocycles. The Balaban J connectivity index is 1.64. The Kier molecular flexibility index (Phi) is 4.24. The van der Waals surface area contributed by atoms with Gasteiger partial charge >= 0.3 is 5.97 Å². The van der Waals surface area contributed by atoms with E-state index in [0.717, 1.165) is 24.2 Å². The molecule has 0 N–H and O–H groups in total. The minimum atomic E-state index is -0.444. The van der Waals surface area contributed by atoms with Gasteiger partial charge in [-0.3, -0.25) is 9.36 Å². The first-order valence-electron chi connectivity index (χ1n) is 8.42. The monoisotopic (exact) mass is 370 g/mol. The summed E-state index contributed by atoms with van der Waals surface area (Å²) < 4.78 is 12.4. The molecule has 26 heavy (non-hydrogen) atoms.